The summed E-state index contributed by atoms with van der Waals surface area (Å²) in [6, 6.07) is -2.55. The van der Waals surface area contributed by atoms with Crippen LogP contribution in [0.4, 0.5) is 8.78 Å². The first-order valence-electron chi connectivity index (χ1n) is 4.68. The van der Waals surface area contributed by atoms with Crippen LogP contribution in [0.15, 0.2) is 12.2 Å². The molecule has 17 heavy (non-hydrogen) atoms. The molecule has 0 aliphatic rings. The molecule has 0 rings (SSSR count). The van der Waals surface area contributed by atoms with Crippen molar-refractivity contribution < 1.29 is 28.9 Å². The van der Waals surface area contributed by atoms with Crippen molar-refractivity contribution in [2.45, 2.75) is 30.6 Å². The quantitative estimate of drug-likeness (QED) is 0.292. The van der Waals surface area contributed by atoms with Gasteiger partial charge in [0.1, 0.15) is 6.10 Å². The third-order valence-corrected chi connectivity index (χ3v) is 2.58. The number of rotatable bonds is 7. The fraction of sp³-hybridized carbons (Fsp3) is 0.667. The molecule has 0 aromatic heterocycles. The lowest BCUT2D eigenvalue weighted by atomic mass is 9.98. The van der Waals surface area contributed by atoms with Crippen LogP contribution in [-0.2, 0) is 4.79 Å². The number of hydrogen-bond donors (Lipinski definition) is 4. The highest BCUT2D eigenvalue weighted by Gasteiger charge is 2.51. The molecule has 0 heterocycles. The molecule has 3 unspecified atom stereocenters. The molecule has 0 saturated heterocycles. The molecular weight excluding hydrogens is 351 g/mol. The Morgan fingerprint density at radius 3 is 2.35 bits per heavy atom. The maximum Gasteiger partial charge on any atom is 0.326 e. The summed E-state index contributed by atoms with van der Waals surface area (Å²) >= 11 is 2.01. The van der Waals surface area contributed by atoms with Gasteiger partial charge in [-0.25, -0.2) is 8.78 Å². The van der Waals surface area contributed by atoms with Gasteiger partial charge in [-0.15, -0.1) is 0 Å². The number of aliphatic carboxylic acids is 1. The van der Waals surface area contributed by atoms with Crippen LogP contribution in [0.5, 0.6) is 0 Å². The summed E-state index contributed by atoms with van der Waals surface area (Å²) < 4.78 is 27.2. The highest BCUT2D eigenvalue weighted by atomic mass is 127. The number of hydrogen-bond acceptors (Lipinski definition) is 4. The minimum Gasteiger partial charge on any atom is -0.480 e. The maximum absolute atomic E-state index is 13.3. The van der Waals surface area contributed by atoms with E-state index in [4.69, 9.17) is 10.8 Å². The zero-order valence-electron chi connectivity index (χ0n) is 8.76. The second kappa shape index (κ2) is 7.19. The topological polar surface area (TPSA) is 104 Å². The Morgan fingerprint density at radius 1 is 1.41 bits per heavy atom. The molecule has 0 saturated carbocycles. The summed E-state index contributed by atoms with van der Waals surface area (Å²) in [6.45, 7) is 0. The van der Waals surface area contributed by atoms with Crippen molar-refractivity contribution in [1.29, 1.82) is 0 Å². The molecule has 0 aliphatic heterocycles. The van der Waals surface area contributed by atoms with Crippen LogP contribution in [0.1, 0.15) is 6.42 Å². The molecule has 8 heteroatoms. The highest BCUT2D eigenvalue weighted by molar-refractivity contribution is 14.1. The molecule has 5 nitrogen and oxygen atoms in total. The lowest BCUT2D eigenvalue weighted by Gasteiger charge is -2.28. The van der Waals surface area contributed by atoms with Gasteiger partial charge < -0.3 is 21.1 Å². The number of aliphatic hydroxyl groups is 2. The van der Waals surface area contributed by atoms with Crippen molar-refractivity contribution in [1.82, 2.24) is 0 Å². The van der Waals surface area contributed by atoms with E-state index in [1.807, 2.05) is 22.6 Å². The Labute approximate surface area is 110 Å². The monoisotopic (exact) mass is 365 g/mol. The third-order valence-electron chi connectivity index (χ3n) is 2.07. The predicted octanol–water partition coefficient (Wildman–Crippen LogP) is 0.137. The van der Waals surface area contributed by atoms with Gasteiger partial charge in [0, 0.05) is 4.43 Å². The Bertz CT molecular complexity index is 288. The normalized spacial score (nSPS) is 18.0. The Morgan fingerprint density at radius 2 is 1.94 bits per heavy atom. The SMILES string of the molecule is NC(C(=O)O)C(F)(F)C(O)C(O)C/C=C/CI. The van der Waals surface area contributed by atoms with Crippen LogP contribution in [0.3, 0.4) is 0 Å². The van der Waals surface area contributed by atoms with Gasteiger partial charge in [0.15, 0.2) is 6.04 Å². The molecule has 0 fully saturated rings. The fourth-order valence-corrected chi connectivity index (χ4v) is 1.39. The van der Waals surface area contributed by atoms with Gasteiger partial charge in [0.2, 0.25) is 0 Å². The first kappa shape index (κ1) is 16.7. The average Bonchev–Trinajstić information content (AvgIpc) is 2.26. The summed E-state index contributed by atoms with van der Waals surface area (Å²) in [5.74, 6) is -6.03. The van der Waals surface area contributed by atoms with E-state index in [1.54, 1.807) is 6.08 Å². The molecule has 0 bridgehead atoms. The van der Waals surface area contributed by atoms with Gasteiger partial charge in [-0.3, -0.25) is 4.79 Å². The molecule has 0 aromatic carbocycles. The molecule has 3 atom stereocenters. The second-order valence-electron chi connectivity index (χ2n) is 3.36. The summed E-state index contributed by atoms with van der Waals surface area (Å²) in [7, 11) is 0. The lowest BCUT2D eigenvalue weighted by Crippen LogP contribution is -2.57. The third kappa shape index (κ3) is 4.82. The van der Waals surface area contributed by atoms with E-state index in [0.717, 1.165) is 0 Å². The zero-order chi connectivity index (χ0) is 13.6. The van der Waals surface area contributed by atoms with E-state index in [-0.39, 0.29) is 6.42 Å². The number of halogens is 3. The van der Waals surface area contributed by atoms with Gasteiger partial charge in [-0.2, -0.15) is 0 Å². The first-order chi connectivity index (χ1) is 7.75. The lowest BCUT2D eigenvalue weighted by molar-refractivity contribution is -0.179. The number of alkyl halides is 3. The Hall–Kier alpha value is -0.320. The number of carboxylic acid groups (broad SMARTS) is 1. The summed E-state index contributed by atoms with van der Waals surface area (Å²) in [5, 5.41) is 26.8. The highest BCUT2D eigenvalue weighted by Crippen LogP contribution is 2.25. The van der Waals surface area contributed by atoms with Crippen LogP contribution in [-0.4, -0.2) is 49.9 Å². The second-order valence-corrected chi connectivity index (χ2v) is 4.24. The largest absolute Gasteiger partial charge is 0.480 e. The van der Waals surface area contributed by atoms with E-state index >= 15 is 0 Å². The Balaban J connectivity index is 4.60. The molecule has 100 valence electrons. The number of nitrogens with two attached hydrogens (primary N) is 1. The fourth-order valence-electron chi connectivity index (χ4n) is 1.03. The van der Waals surface area contributed by atoms with Gasteiger partial charge >= 0.3 is 11.9 Å². The molecular formula is C9H14F2INO4. The van der Waals surface area contributed by atoms with Crippen molar-refractivity contribution in [3.8, 4) is 0 Å². The number of allylic oxidation sites excluding steroid dienone is 1. The molecule has 0 aromatic rings. The van der Waals surface area contributed by atoms with Crippen LogP contribution < -0.4 is 5.73 Å². The predicted molar refractivity (Wildman–Crippen MR) is 65.2 cm³/mol. The van der Waals surface area contributed by atoms with E-state index in [1.165, 1.54) is 6.08 Å². The minimum atomic E-state index is -4.09. The zero-order valence-corrected chi connectivity index (χ0v) is 10.9. The molecule has 0 radical (unpaired) electrons. The minimum absolute atomic E-state index is 0.202. The van der Waals surface area contributed by atoms with E-state index in [9.17, 15) is 23.8 Å². The van der Waals surface area contributed by atoms with Crippen LogP contribution in [0, 0.1) is 0 Å². The van der Waals surface area contributed by atoms with Gasteiger partial charge in [-0.05, 0) is 6.42 Å². The summed E-state index contributed by atoms with van der Waals surface area (Å²) in [4.78, 5) is 10.3. The molecule has 0 aliphatic carbocycles. The average molecular weight is 365 g/mol. The van der Waals surface area contributed by atoms with Crippen molar-refractivity contribution in [3.63, 3.8) is 0 Å². The van der Waals surface area contributed by atoms with Gasteiger partial charge in [-0.1, -0.05) is 34.7 Å². The van der Waals surface area contributed by atoms with Crippen LogP contribution in [0.25, 0.3) is 0 Å². The van der Waals surface area contributed by atoms with Crippen molar-refractivity contribution in [2.24, 2.45) is 5.73 Å². The molecule has 5 N–H and O–H groups in total. The smallest absolute Gasteiger partial charge is 0.326 e. The first-order valence-corrected chi connectivity index (χ1v) is 6.21. The van der Waals surface area contributed by atoms with E-state index < -0.39 is 30.1 Å². The van der Waals surface area contributed by atoms with Crippen LogP contribution >= 0.6 is 22.6 Å². The van der Waals surface area contributed by atoms with Crippen molar-refractivity contribution >= 4 is 28.6 Å². The Kier molecular flexibility index (Phi) is 7.05. The van der Waals surface area contributed by atoms with Gasteiger partial charge in [0.25, 0.3) is 0 Å². The molecule has 0 spiro atoms. The maximum atomic E-state index is 13.3. The number of aliphatic hydroxyl groups excluding tert-OH is 2. The number of carbonyl (C=O) groups is 1. The van der Waals surface area contributed by atoms with Crippen LogP contribution in [0.2, 0.25) is 0 Å². The summed E-state index contributed by atoms with van der Waals surface area (Å²) in [6.07, 6.45) is -1.46. The summed E-state index contributed by atoms with van der Waals surface area (Å²) in [5.41, 5.74) is 4.75. The standard InChI is InChI=1S/C9H14F2INO4/c10-9(11,6(13)8(16)17)7(15)5(14)3-1-2-4-12/h1-2,5-7,14-15H,3-4,13H2,(H,16,17)/b2-1+. The van der Waals surface area contributed by atoms with E-state index in [0.29, 0.717) is 4.43 Å². The molecule has 0 amide bonds. The van der Waals surface area contributed by atoms with Crippen molar-refractivity contribution in [2.75, 3.05) is 4.43 Å². The van der Waals surface area contributed by atoms with Crippen molar-refractivity contribution in [3.05, 3.63) is 12.2 Å². The van der Waals surface area contributed by atoms with E-state index in [2.05, 4.69) is 0 Å². The number of carboxylic acids is 1. The van der Waals surface area contributed by atoms with Gasteiger partial charge in [0.05, 0.1) is 6.10 Å².